The van der Waals surface area contributed by atoms with Gasteiger partial charge >= 0.3 is 6.18 Å². The molecule has 5 rings (SSSR count). The van der Waals surface area contributed by atoms with Crippen LogP contribution < -0.4 is 5.32 Å². The van der Waals surface area contributed by atoms with Crippen molar-refractivity contribution in [3.63, 3.8) is 0 Å². The van der Waals surface area contributed by atoms with Gasteiger partial charge in [0.15, 0.2) is 5.82 Å². The minimum atomic E-state index is -4.51. The second kappa shape index (κ2) is 8.57. The van der Waals surface area contributed by atoms with E-state index in [1.165, 1.54) is 44.4 Å². The summed E-state index contributed by atoms with van der Waals surface area (Å²) in [4.78, 5) is 16.4. The van der Waals surface area contributed by atoms with E-state index in [0.29, 0.717) is 40.0 Å². The van der Waals surface area contributed by atoms with Gasteiger partial charge in [-0.25, -0.2) is 5.10 Å². The zero-order valence-electron chi connectivity index (χ0n) is 17.8. The van der Waals surface area contributed by atoms with Crippen LogP contribution in [0.1, 0.15) is 44.2 Å². The fourth-order valence-electron chi connectivity index (χ4n) is 4.90. The zero-order valence-corrected chi connectivity index (χ0v) is 17.8. The lowest BCUT2D eigenvalue weighted by Gasteiger charge is -2.21. The number of rotatable bonds is 5. The van der Waals surface area contributed by atoms with Crippen LogP contribution in [0.25, 0.3) is 22.5 Å². The standard InChI is InChI=1S/C23H23F3N6O/c24-23(25,26)20-9-6-14(12-27-20)16-8-7-15(10-18(16)21-29-31-32-30-21)28-22(33)19-11-17(19)13-4-2-1-3-5-13/h6-10,12-13,17,19H,1-5,11H2,(H,28,33)(H,29,30,31,32). The third kappa shape index (κ3) is 4.60. The average Bonchev–Trinajstić information content (AvgIpc) is 3.44. The molecule has 172 valence electrons. The van der Waals surface area contributed by atoms with Gasteiger partial charge in [0.25, 0.3) is 0 Å². The molecular weight excluding hydrogens is 433 g/mol. The molecule has 2 N–H and O–H groups in total. The first-order valence-electron chi connectivity index (χ1n) is 11.1. The summed E-state index contributed by atoms with van der Waals surface area (Å²) in [6.45, 7) is 0. The summed E-state index contributed by atoms with van der Waals surface area (Å²) in [5.41, 5.74) is 1.25. The SMILES string of the molecule is O=C(Nc1ccc(-c2ccc(C(F)(F)F)nc2)c(-c2nnn[nH]2)c1)C1CC1C1CCCCC1. The molecule has 0 saturated heterocycles. The molecule has 0 aliphatic heterocycles. The van der Waals surface area contributed by atoms with Crippen molar-refractivity contribution in [1.29, 1.82) is 0 Å². The molecule has 2 saturated carbocycles. The highest BCUT2D eigenvalue weighted by Gasteiger charge is 2.47. The summed E-state index contributed by atoms with van der Waals surface area (Å²) >= 11 is 0. The van der Waals surface area contributed by atoms with Crippen LogP contribution in [0.2, 0.25) is 0 Å². The summed E-state index contributed by atoms with van der Waals surface area (Å²) in [5, 5.41) is 16.8. The number of alkyl halides is 3. The fourth-order valence-corrected chi connectivity index (χ4v) is 4.90. The number of hydrogen-bond acceptors (Lipinski definition) is 5. The molecular formula is C23H23F3N6O. The maximum Gasteiger partial charge on any atom is 0.433 e. The van der Waals surface area contributed by atoms with Crippen molar-refractivity contribution >= 4 is 11.6 Å². The number of carbonyl (C=O) groups is 1. The van der Waals surface area contributed by atoms with Crippen molar-refractivity contribution in [3.05, 3.63) is 42.2 Å². The second-order valence-corrected chi connectivity index (χ2v) is 8.83. The van der Waals surface area contributed by atoms with E-state index in [0.717, 1.165) is 12.5 Å². The van der Waals surface area contributed by atoms with Crippen LogP contribution >= 0.6 is 0 Å². The van der Waals surface area contributed by atoms with Crippen LogP contribution in [0.4, 0.5) is 18.9 Å². The number of tetrazole rings is 1. The second-order valence-electron chi connectivity index (χ2n) is 8.83. The Balaban J connectivity index is 1.37. The smallest absolute Gasteiger partial charge is 0.326 e. The Kier molecular flexibility index (Phi) is 5.59. The fraction of sp³-hybridized carbons (Fsp3) is 0.435. The number of pyridine rings is 1. The van der Waals surface area contributed by atoms with Crippen LogP contribution in [0.15, 0.2) is 36.5 Å². The minimum Gasteiger partial charge on any atom is -0.326 e. The summed E-state index contributed by atoms with van der Waals surface area (Å²) in [6, 6.07) is 7.48. The number of amides is 1. The molecule has 2 aliphatic carbocycles. The predicted molar refractivity (Wildman–Crippen MR) is 115 cm³/mol. The van der Waals surface area contributed by atoms with Gasteiger partial charge in [-0.15, -0.1) is 5.10 Å². The van der Waals surface area contributed by atoms with E-state index in [1.54, 1.807) is 18.2 Å². The molecule has 2 aromatic heterocycles. The molecule has 2 unspecified atom stereocenters. The first kappa shape index (κ1) is 21.5. The maximum atomic E-state index is 12.9. The van der Waals surface area contributed by atoms with E-state index < -0.39 is 11.9 Å². The predicted octanol–water partition coefficient (Wildman–Crippen LogP) is 5.10. The van der Waals surface area contributed by atoms with Crippen molar-refractivity contribution in [2.45, 2.75) is 44.7 Å². The third-order valence-corrected chi connectivity index (χ3v) is 6.68. The first-order chi connectivity index (χ1) is 15.9. The Bertz CT molecular complexity index is 1120. The van der Waals surface area contributed by atoms with Crippen molar-refractivity contribution in [1.82, 2.24) is 25.6 Å². The zero-order chi connectivity index (χ0) is 23.0. The van der Waals surface area contributed by atoms with Crippen molar-refractivity contribution in [2.75, 3.05) is 5.32 Å². The van der Waals surface area contributed by atoms with Crippen LogP contribution in [0, 0.1) is 17.8 Å². The molecule has 2 aliphatic rings. The molecule has 0 radical (unpaired) electrons. The molecule has 1 amide bonds. The van der Waals surface area contributed by atoms with Gasteiger partial charge in [0.2, 0.25) is 5.91 Å². The maximum absolute atomic E-state index is 12.9. The van der Waals surface area contributed by atoms with Crippen LogP contribution in [0.3, 0.4) is 0 Å². The van der Waals surface area contributed by atoms with Gasteiger partial charge in [-0.2, -0.15) is 13.2 Å². The largest absolute Gasteiger partial charge is 0.433 e. The van der Waals surface area contributed by atoms with E-state index in [-0.39, 0.29) is 11.8 Å². The van der Waals surface area contributed by atoms with Crippen LogP contribution in [-0.4, -0.2) is 31.5 Å². The number of halogens is 3. The van der Waals surface area contributed by atoms with Gasteiger partial charge in [-0.3, -0.25) is 9.78 Å². The van der Waals surface area contributed by atoms with Crippen molar-refractivity contribution in [2.24, 2.45) is 17.8 Å². The van der Waals surface area contributed by atoms with E-state index in [4.69, 9.17) is 0 Å². The molecule has 3 aromatic rings. The molecule has 0 spiro atoms. The normalized spacial score (nSPS) is 21.1. The van der Waals surface area contributed by atoms with Crippen molar-refractivity contribution in [3.8, 4) is 22.5 Å². The van der Waals surface area contributed by atoms with E-state index in [2.05, 4.69) is 30.9 Å². The summed E-state index contributed by atoms with van der Waals surface area (Å²) in [5.74, 6) is 1.52. The lowest BCUT2D eigenvalue weighted by Crippen LogP contribution is -2.18. The number of nitrogens with zero attached hydrogens (tertiary/aromatic N) is 4. The number of nitrogens with one attached hydrogen (secondary N) is 2. The molecule has 0 bridgehead atoms. The Morgan fingerprint density at radius 3 is 2.55 bits per heavy atom. The topological polar surface area (TPSA) is 96.5 Å². The molecule has 2 fully saturated rings. The summed E-state index contributed by atoms with van der Waals surface area (Å²) < 4.78 is 38.6. The highest BCUT2D eigenvalue weighted by atomic mass is 19.4. The lowest BCUT2D eigenvalue weighted by atomic mass is 9.85. The molecule has 10 heteroatoms. The van der Waals surface area contributed by atoms with Gasteiger partial charge < -0.3 is 5.32 Å². The number of hydrogen-bond donors (Lipinski definition) is 2. The number of carbonyl (C=O) groups excluding carboxylic acids is 1. The van der Waals surface area contributed by atoms with Gasteiger partial charge in [0, 0.05) is 28.9 Å². The van der Waals surface area contributed by atoms with Crippen molar-refractivity contribution < 1.29 is 18.0 Å². The number of H-pyrrole nitrogens is 1. The van der Waals surface area contributed by atoms with E-state index >= 15 is 0 Å². The van der Waals surface area contributed by atoms with Gasteiger partial charge in [-0.05, 0) is 52.4 Å². The number of anilines is 1. The molecule has 33 heavy (non-hydrogen) atoms. The van der Waals surface area contributed by atoms with Gasteiger partial charge in [-0.1, -0.05) is 44.2 Å². The van der Waals surface area contributed by atoms with E-state index in [9.17, 15) is 18.0 Å². The van der Waals surface area contributed by atoms with Crippen LogP contribution in [0.5, 0.6) is 0 Å². The highest BCUT2D eigenvalue weighted by Crippen LogP contribution is 2.49. The molecule has 2 atom stereocenters. The monoisotopic (exact) mass is 456 g/mol. The molecule has 7 nitrogen and oxygen atoms in total. The molecule has 1 aromatic carbocycles. The number of aromatic amines is 1. The Morgan fingerprint density at radius 2 is 1.88 bits per heavy atom. The highest BCUT2D eigenvalue weighted by molar-refractivity contribution is 5.96. The Hall–Kier alpha value is -3.30. The quantitative estimate of drug-likeness (QED) is 0.557. The Morgan fingerprint density at radius 1 is 1.06 bits per heavy atom. The lowest BCUT2D eigenvalue weighted by molar-refractivity contribution is -0.141. The minimum absolute atomic E-state index is 0.0103. The van der Waals surface area contributed by atoms with Gasteiger partial charge in [0.05, 0.1) is 0 Å². The summed E-state index contributed by atoms with van der Waals surface area (Å²) in [7, 11) is 0. The Labute approximate surface area is 188 Å². The number of benzene rings is 1. The van der Waals surface area contributed by atoms with Crippen LogP contribution in [-0.2, 0) is 11.0 Å². The third-order valence-electron chi connectivity index (χ3n) is 6.68. The average molecular weight is 456 g/mol. The summed E-state index contributed by atoms with van der Waals surface area (Å²) in [6.07, 6.45) is 3.82. The first-order valence-corrected chi connectivity index (χ1v) is 11.1. The number of aromatic nitrogens is 5. The van der Waals surface area contributed by atoms with Gasteiger partial charge in [0.1, 0.15) is 5.69 Å². The molecule has 2 heterocycles. The van der Waals surface area contributed by atoms with E-state index in [1.807, 2.05) is 0 Å².